The molecule has 8 heteroatoms. The first-order valence-electron chi connectivity index (χ1n) is 13.1. The zero-order valence-electron chi connectivity index (χ0n) is 22.0. The van der Waals surface area contributed by atoms with Gasteiger partial charge in [-0.05, 0) is 60.7 Å². The number of aromatic carboxylic acids is 1. The Balaban J connectivity index is 1.41. The average Bonchev–Trinajstić information content (AvgIpc) is 2.95. The van der Waals surface area contributed by atoms with E-state index in [4.69, 9.17) is 14.6 Å². The van der Waals surface area contributed by atoms with E-state index < -0.39 is 17.4 Å². The summed E-state index contributed by atoms with van der Waals surface area (Å²) in [7, 11) is 0. The van der Waals surface area contributed by atoms with Crippen molar-refractivity contribution in [2.75, 3.05) is 13.2 Å². The van der Waals surface area contributed by atoms with Gasteiger partial charge in [-0.15, -0.1) is 0 Å². The number of carbonyl (C=O) groups is 2. The smallest absolute Gasteiger partial charge is 0.341 e. The highest BCUT2D eigenvalue weighted by molar-refractivity contribution is 5.96. The highest BCUT2D eigenvalue weighted by Crippen LogP contribution is 2.21. The number of hydrogen-bond donors (Lipinski definition) is 2. The molecule has 4 aromatic rings. The Kier molecular flexibility index (Phi) is 9.72. The number of aryl methyl sites for hydroxylation is 1. The molecule has 0 amide bonds. The van der Waals surface area contributed by atoms with Gasteiger partial charge in [0.25, 0.3) is 0 Å². The third kappa shape index (κ3) is 7.60. The molecule has 0 atom stereocenters. The van der Waals surface area contributed by atoms with Crippen LogP contribution in [0, 0.1) is 0 Å². The molecule has 2 N–H and O–H groups in total. The Morgan fingerprint density at radius 3 is 2.10 bits per heavy atom. The van der Waals surface area contributed by atoms with E-state index in [1.54, 1.807) is 28.8 Å². The number of ether oxygens (including phenoxy) is 2. The molecule has 3 aromatic carbocycles. The van der Waals surface area contributed by atoms with Gasteiger partial charge in [0.1, 0.15) is 17.1 Å². The fourth-order valence-corrected chi connectivity index (χ4v) is 4.30. The molecule has 0 saturated heterocycles. The summed E-state index contributed by atoms with van der Waals surface area (Å²) in [6, 6.07) is 22.5. The van der Waals surface area contributed by atoms with E-state index in [1.165, 1.54) is 6.20 Å². The molecule has 0 radical (unpaired) electrons. The van der Waals surface area contributed by atoms with Crippen LogP contribution in [-0.4, -0.2) is 39.9 Å². The predicted molar refractivity (Wildman–Crippen MR) is 154 cm³/mol. The van der Waals surface area contributed by atoms with E-state index >= 15 is 0 Å². The molecule has 0 bridgehead atoms. The summed E-state index contributed by atoms with van der Waals surface area (Å²) in [5.74, 6) is -0.643. The second-order valence-corrected chi connectivity index (χ2v) is 9.23. The monoisotopic (exact) mass is 541 g/mol. The summed E-state index contributed by atoms with van der Waals surface area (Å²) in [5, 5.41) is 18.8. The van der Waals surface area contributed by atoms with E-state index in [0.717, 1.165) is 29.9 Å². The zero-order valence-corrected chi connectivity index (χ0v) is 22.0. The first-order valence-corrected chi connectivity index (χ1v) is 13.1. The molecule has 0 unspecified atom stereocenters. The number of hydrogen-bond acceptors (Lipinski definition) is 5. The number of carboxylic acid groups (broad SMARTS) is 2. The highest BCUT2D eigenvalue weighted by Gasteiger charge is 2.16. The molecular weight excluding hydrogens is 510 g/mol. The van der Waals surface area contributed by atoms with Crippen LogP contribution in [-0.2, 0) is 11.3 Å². The van der Waals surface area contributed by atoms with Gasteiger partial charge in [0.05, 0.1) is 24.1 Å². The van der Waals surface area contributed by atoms with Crippen LogP contribution < -0.4 is 14.9 Å². The Bertz CT molecular complexity index is 1540. The quantitative estimate of drug-likeness (QED) is 0.149. The van der Waals surface area contributed by atoms with Crippen LogP contribution in [0.5, 0.6) is 11.5 Å². The van der Waals surface area contributed by atoms with E-state index in [9.17, 15) is 19.5 Å². The molecule has 206 valence electrons. The minimum Gasteiger partial charge on any atom is -0.494 e. The van der Waals surface area contributed by atoms with Crippen molar-refractivity contribution in [3.05, 3.63) is 106 Å². The summed E-state index contributed by atoms with van der Waals surface area (Å²) in [6.07, 6.45) is 6.91. The lowest BCUT2D eigenvalue weighted by Crippen LogP contribution is -2.20. The van der Waals surface area contributed by atoms with Crippen molar-refractivity contribution < 1.29 is 29.3 Å². The maximum atomic E-state index is 13.1. The average molecular weight is 542 g/mol. The minimum atomic E-state index is -1.32. The second kappa shape index (κ2) is 13.8. The normalized spacial score (nSPS) is 11.1. The molecule has 0 aliphatic rings. The molecule has 40 heavy (non-hydrogen) atoms. The Morgan fingerprint density at radius 1 is 0.775 bits per heavy atom. The minimum absolute atomic E-state index is 0.0575. The molecule has 0 spiro atoms. The summed E-state index contributed by atoms with van der Waals surface area (Å²) in [4.78, 5) is 35.8. The van der Waals surface area contributed by atoms with Crippen LogP contribution in [0.15, 0.2) is 83.8 Å². The van der Waals surface area contributed by atoms with E-state index in [-0.39, 0.29) is 23.9 Å². The lowest BCUT2D eigenvalue weighted by Gasteiger charge is -2.13. The molecule has 0 saturated carbocycles. The molecule has 8 nitrogen and oxygen atoms in total. The van der Waals surface area contributed by atoms with Crippen LogP contribution in [0.3, 0.4) is 0 Å². The summed E-state index contributed by atoms with van der Waals surface area (Å²) < 4.78 is 13.2. The van der Waals surface area contributed by atoms with Gasteiger partial charge in [-0.2, -0.15) is 0 Å². The Morgan fingerprint density at radius 2 is 1.45 bits per heavy atom. The first kappa shape index (κ1) is 28.2. The second-order valence-electron chi connectivity index (χ2n) is 9.23. The van der Waals surface area contributed by atoms with Crippen molar-refractivity contribution in [1.82, 2.24) is 4.57 Å². The van der Waals surface area contributed by atoms with Gasteiger partial charge in [0.15, 0.2) is 0 Å². The van der Waals surface area contributed by atoms with E-state index in [0.29, 0.717) is 30.7 Å². The number of rotatable bonds is 14. The molecule has 0 aliphatic heterocycles. The first-order chi connectivity index (χ1) is 19.4. The number of pyridine rings is 1. The number of fused-ring (bicyclic) bond motifs is 1. The van der Waals surface area contributed by atoms with Crippen LogP contribution in [0.4, 0.5) is 0 Å². The van der Waals surface area contributed by atoms with Crippen LogP contribution in [0.1, 0.15) is 47.2 Å². The molecule has 0 fully saturated rings. The van der Waals surface area contributed by atoms with Gasteiger partial charge in [-0.1, -0.05) is 54.6 Å². The third-order valence-corrected chi connectivity index (χ3v) is 6.32. The van der Waals surface area contributed by atoms with Crippen LogP contribution in [0.2, 0.25) is 0 Å². The van der Waals surface area contributed by atoms with E-state index in [2.05, 4.69) is 0 Å². The van der Waals surface area contributed by atoms with Gasteiger partial charge in [-0.3, -0.25) is 9.59 Å². The summed E-state index contributed by atoms with van der Waals surface area (Å²) in [5.41, 5.74) is 1.10. The molecule has 0 aliphatic carbocycles. The number of nitrogens with zero attached hydrogens (tertiary/aromatic N) is 1. The number of para-hydroxylation sites is 1. The van der Waals surface area contributed by atoms with Gasteiger partial charge < -0.3 is 24.3 Å². The van der Waals surface area contributed by atoms with Crippen molar-refractivity contribution in [3.63, 3.8) is 0 Å². The summed E-state index contributed by atoms with van der Waals surface area (Å²) >= 11 is 0. The van der Waals surface area contributed by atoms with Crippen molar-refractivity contribution in [2.45, 2.75) is 32.2 Å². The predicted octanol–water partition coefficient (Wildman–Crippen LogP) is 5.97. The van der Waals surface area contributed by atoms with Gasteiger partial charge in [0, 0.05) is 19.2 Å². The number of carboxylic acids is 2. The number of aromatic nitrogens is 1. The molecular formula is C32H31NO7. The molecule has 1 heterocycles. The van der Waals surface area contributed by atoms with Gasteiger partial charge in [0.2, 0.25) is 5.43 Å². The highest BCUT2D eigenvalue weighted by atomic mass is 16.5. The SMILES string of the molecule is O=C(O)CCCn1cc(C(=O)O)c(=O)c2c(/C=C/c3ccc(OCCCCOc4ccccc4)cc3)cccc21. The standard InChI is InChI=1S/C32H31NO7/c34-29(35)12-7-19-33-22-27(32(37)38)31(36)30-24(8-6-11-28(30)33)16-13-23-14-17-26(18-15-23)40-21-5-4-20-39-25-9-2-1-3-10-25/h1-3,6,8-11,13-18,22H,4-5,7,12,19-21H2,(H,34,35)(H,37,38)/b16-13+. The maximum absolute atomic E-state index is 13.1. The van der Waals surface area contributed by atoms with Gasteiger partial charge in [-0.25, -0.2) is 4.79 Å². The lowest BCUT2D eigenvalue weighted by atomic mass is 10.0. The number of unbranched alkanes of at least 4 members (excludes halogenated alkanes) is 1. The zero-order chi connectivity index (χ0) is 28.3. The van der Waals surface area contributed by atoms with Crippen molar-refractivity contribution >= 4 is 35.0 Å². The Hall–Kier alpha value is -4.85. The largest absolute Gasteiger partial charge is 0.494 e. The third-order valence-electron chi connectivity index (χ3n) is 6.32. The maximum Gasteiger partial charge on any atom is 0.341 e. The number of benzene rings is 3. The molecule has 1 aromatic heterocycles. The lowest BCUT2D eigenvalue weighted by molar-refractivity contribution is -0.137. The topological polar surface area (TPSA) is 115 Å². The number of aliphatic carboxylic acids is 1. The van der Waals surface area contributed by atoms with E-state index in [1.807, 2.05) is 60.7 Å². The van der Waals surface area contributed by atoms with Crippen LogP contribution in [0.25, 0.3) is 23.1 Å². The van der Waals surface area contributed by atoms with Gasteiger partial charge >= 0.3 is 11.9 Å². The fourth-order valence-electron chi connectivity index (χ4n) is 4.30. The Labute approximate surface area is 231 Å². The molecule has 4 rings (SSSR count). The van der Waals surface area contributed by atoms with Crippen molar-refractivity contribution in [3.8, 4) is 11.5 Å². The van der Waals surface area contributed by atoms with Crippen LogP contribution >= 0.6 is 0 Å². The fraction of sp³-hybridized carbons (Fsp3) is 0.219. The van der Waals surface area contributed by atoms with Crippen molar-refractivity contribution in [1.29, 1.82) is 0 Å². The summed E-state index contributed by atoms with van der Waals surface area (Å²) in [6.45, 7) is 1.48. The van der Waals surface area contributed by atoms with Crippen molar-refractivity contribution in [2.24, 2.45) is 0 Å².